The zero-order valence-electron chi connectivity index (χ0n) is 13.3. The van der Waals surface area contributed by atoms with E-state index in [0.29, 0.717) is 0 Å². The van der Waals surface area contributed by atoms with E-state index in [1.165, 1.54) is 17.0 Å². The van der Waals surface area contributed by atoms with Crippen LogP contribution in [0.5, 0.6) is 0 Å². The standard InChI is InChI=1S/C14H27N5.HI/c1-6-9-16-14(15-4)17-10-11-12(7-2)18-19(5)13(11)8-3;/h6-10H2,1-5H3,(H2,15,16,17);1H. The summed E-state index contributed by atoms with van der Waals surface area (Å²) in [6.07, 6.45) is 3.06. The van der Waals surface area contributed by atoms with Crippen LogP contribution in [0.3, 0.4) is 0 Å². The molecule has 0 aromatic carbocycles. The maximum absolute atomic E-state index is 4.58. The van der Waals surface area contributed by atoms with Crippen molar-refractivity contribution < 1.29 is 0 Å². The van der Waals surface area contributed by atoms with Crippen LogP contribution in [0.15, 0.2) is 4.99 Å². The minimum atomic E-state index is 0. The van der Waals surface area contributed by atoms with Gasteiger partial charge in [0.1, 0.15) is 0 Å². The van der Waals surface area contributed by atoms with Crippen LogP contribution in [0.2, 0.25) is 0 Å². The molecule has 0 aliphatic carbocycles. The minimum Gasteiger partial charge on any atom is -0.356 e. The normalized spacial score (nSPS) is 11.2. The molecule has 0 saturated heterocycles. The zero-order valence-corrected chi connectivity index (χ0v) is 15.6. The molecule has 0 aliphatic heterocycles. The second-order valence-corrected chi connectivity index (χ2v) is 4.56. The Morgan fingerprint density at radius 1 is 1.20 bits per heavy atom. The fraction of sp³-hybridized carbons (Fsp3) is 0.714. The van der Waals surface area contributed by atoms with Crippen molar-refractivity contribution in [2.45, 2.75) is 46.6 Å². The molecule has 1 heterocycles. The molecule has 0 radical (unpaired) electrons. The predicted molar refractivity (Wildman–Crippen MR) is 95.9 cm³/mol. The summed E-state index contributed by atoms with van der Waals surface area (Å²) in [7, 11) is 3.82. The Morgan fingerprint density at radius 2 is 1.90 bits per heavy atom. The average molecular weight is 393 g/mol. The summed E-state index contributed by atoms with van der Waals surface area (Å²) in [5.74, 6) is 0.856. The molecule has 0 atom stereocenters. The second kappa shape index (κ2) is 10.0. The van der Waals surface area contributed by atoms with Crippen molar-refractivity contribution in [3.63, 3.8) is 0 Å². The van der Waals surface area contributed by atoms with E-state index in [9.17, 15) is 0 Å². The number of rotatable bonds is 6. The van der Waals surface area contributed by atoms with Gasteiger partial charge in [-0.3, -0.25) is 9.67 Å². The third kappa shape index (κ3) is 4.96. The monoisotopic (exact) mass is 393 g/mol. The molecule has 0 aliphatic rings. The molecule has 1 rings (SSSR count). The van der Waals surface area contributed by atoms with Crippen LogP contribution in [-0.2, 0) is 26.4 Å². The first-order valence-electron chi connectivity index (χ1n) is 7.15. The Labute approximate surface area is 139 Å². The summed E-state index contributed by atoms with van der Waals surface area (Å²) in [4.78, 5) is 4.23. The van der Waals surface area contributed by atoms with Gasteiger partial charge in [0.15, 0.2) is 5.96 Å². The lowest BCUT2D eigenvalue weighted by Crippen LogP contribution is -2.37. The predicted octanol–water partition coefficient (Wildman–Crippen LogP) is 2.24. The van der Waals surface area contributed by atoms with Crippen molar-refractivity contribution in [1.82, 2.24) is 20.4 Å². The number of nitrogens with one attached hydrogen (secondary N) is 2. The molecular formula is C14H28IN5. The van der Waals surface area contributed by atoms with E-state index in [2.05, 4.69) is 41.5 Å². The van der Waals surface area contributed by atoms with Crippen molar-refractivity contribution in [3.05, 3.63) is 17.0 Å². The highest BCUT2D eigenvalue weighted by molar-refractivity contribution is 14.0. The molecule has 0 saturated carbocycles. The molecule has 116 valence electrons. The summed E-state index contributed by atoms with van der Waals surface area (Å²) in [5.41, 5.74) is 3.79. The number of aliphatic imine (C=N–C) groups is 1. The largest absolute Gasteiger partial charge is 0.356 e. The molecule has 0 unspecified atom stereocenters. The van der Waals surface area contributed by atoms with Crippen LogP contribution in [0.4, 0.5) is 0 Å². The number of hydrogen-bond donors (Lipinski definition) is 2. The second-order valence-electron chi connectivity index (χ2n) is 4.56. The summed E-state index contributed by atoms with van der Waals surface area (Å²) in [6, 6.07) is 0. The molecule has 0 spiro atoms. The Bertz CT molecular complexity index is 425. The molecule has 0 amide bonds. The lowest BCUT2D eigenvalue weighted by atomic mass is 10.1. The number of guanidine groups is 1. The molecule has 5 nitrogen and oxygen atoms in total. The summed E-state index contributed by atoms with van der Waals surface area (Å²) < 4.78 is 2.00. The fourth-order valence-electron chi connectivity index (χ4n) is 2.23. The number of aryl methyl sites for hydroxylation is 2. The van der Waals surface area contributed by atoms with Crippen LogP contribution >= 0.6 is 24.0 Å². The molecule has 0 bridgehead atoms. The summed E-state index contributed by atoms with van der Waals surface area (Å²) in [6.45, 7) is 8.18. The Balaban J connectivity index is 0.00000361. The van der Waals surface area contributed by atoms with E-state index in [-0.39, 0.29) is 24.0 Å². The average Bonchev–Trinajstić information content (AvgIpc) is 2.74. The lowest BCUT2D eigenvalue weighted by Gasteiger charge is -2.12. The maximum atomic E-state index is 4.58. The van der Waals surface area contributed by atoms with Crippen molar-refractivity contribution in [3.8, 4) is 0 Å². The summed E-state index contributed by atoms with van der Waals surface area (Å²) >= 11 is 0. The van der Waals surface area contributed by atoms with E-state index in [4.69, 9.17) is 0 Å². The van der Waals surface area contributed by atoms with E-state index in [1.807, 2.05) is 11.7 Å². The van der Waals surface area contributed by atoms with Crippen LogP contribution < -0.4 is 10.6 Å². The van der Waals surface area contributed by atoms with Gasteiger partial charge in [-0.1, -0.05) is 20.8 Å². The van der Waals surface area contributed by atoms with Gasteiger partial charge in [-0.25, -0.2) is 0 Å². The molecule has 2 N–H and O–H groups in total. The molecule has 6 heteroatoms. The molecule has 1 aromatic heterocycles. The number of halogens is 1. The van der Waals surface area contributed by atoms with Gasteiger partial charge in [-0.05, 0) is 19.3 Å². The highest BCUT2D eigenvalue weighted by atomic mass is 127. The Morgan fingerprint density at radius 3 is 2.40 bits per heavy atom. The van der Waals surface area contributed by atoms with Gasteiger partial charge < -0.3 is 10.6 Å². The number of nitrogens with zero attached hydrogens (tertiary/aromatic N) is 3. The maximum Gasteiger partial charge on any atom is 0.191 e. The fourth-order valence-corrected chi connectivity index (χ4v) is 2.23. The van der Waals surface area contributed by atoms with Crippen molar-refractivity contribution in [1.29, 1.82) is 0 Å². The van der Waals surface area contributed by atoms with Crippen LogP contribution in [0, 0.1) is 0 Å². The highest BCUT2D eigenvalue weighted by Crippen LogP contribution is 2.14. The molecule has 0 fully saturated rings. The quantitative estimate of drug-likeness (QED) is 0.443. The third-order valence-electron chi connectivity index (χ3n) is 3.23. The first-order valence-corrected chi connectivity index (χ1v) is 7.15. The van der Waals surface area contributed by atoms with E-state index >= 15 is 0 Å². The van der Waals surface area contributed by atoms with Gasteiger partial charge in [-0.15, -0.1) is 24.0 Å². The number of hydrogen-bond acceptors (Lipinski definition) is 2. The van der Waals surface area contributed by atoms with E-state index < -0.39 is 0 Å². The highest BCUT2D eigenvalue weighted by Gasteiger charge is 2.13. The van der Waals surface area contributed by atoms with Crippen LogP contribution in [-0.4, -0.2) is 29.3 Å². The lowest BCUT2D eigenvalue weighted by molar-refractivity contribution is 0.702. The van der Waals surface area contributed by atoms with Crippen molar-refractivity contribution >= 4 is 29.9 Å². The minimum absolute atomic E-state index is 0. The smallest absolute Gasteiger partial charge is 0.191 e. The zero-order chi connectivity index (χ0) is 14.3. The molecule has 20 heavy (non-hydrogen) atoms. The van der Waals surface area contributed by atoms with E-state index in [1.54, 1.807) is 7.05 Å². The Kier molecular flexibility index (Phi) is 9.62. The van der Waals surface area contributed by atoms with Gasteiger partial charge in [-0.2, -0.15) is 5.10 Å². The first kappa shape index (κ1) is 19.2. The van der Waals surface area contributed by atoms with Gasteiger partial charge >= 0.3 is 0 Å². The van der Waals surface area contributed by atoms with Gasteiger partial charge in [0.2, 0.25) is 0 Å². The Hall–Kier alpha value is -0.790. The molecular weight excluding hydrogens is 365 g/mol. The van der Waals surface area contributed by atoms with Gasteiger partial charge in [0.05, 0.1) is 5.69 Å². The SMILES string of the molecule is CCCNC(=NC)NCc1c(CC)nn(C)c1CC.I. The van der Waals surface area contributed by atoms with Crippen LogP contribution in [0.25, 0.3) is 0 Å². The van der Waals surface area contributed by atoms with Gasteiger partial charge in [0.25, 0.3) is 0 Å². The summed E-state index contributed by atoms with van der Waals surface area (Å²) in [5, 5.41) is 11.2. The topological polar surface area (TPSA) is 54.2 Å². The van der Waals surface area contributed by atoms with Gasteiger partial charge in [0, 0.05) is 38.4 Å². The van der Waals surface area contributed by atoms with Crippen LogP contribution in [0.1, 0.15) is 44.1 Å². The van der Waals surface area contributed by atoms with Crippen molar-refractivity contribution in [2.24, 2.45) is 12.0 Å². The van der Waals surface area contributed by atoms with Crippen molar-refractivity contribution in [2.75, 3.05) is 13.6 Å². The number of aromatic nitrogens is 2. The molecule has 1 aromatic rings. The third-order valence-corrected chi connectivity index (χ3v) is 3.23. The first-order chi connectivity index (χ1) is 9.17. The van der Waals surface area contributed by atoms with E-state index in [0.717, 1.165) is 38.3 Å².